The predicted molar refractivity (Wildman–Crippen MR) is 124 cm³/mol. The van der Waals surface area contributed by atoms with Crippen LogP contribution in [0.1, 0.15) is 25.8 Å². The minimum absolute atomic E-state index is 0.113. The van der Waals surface area contributed by atoms with Crippen molar-refractivity contribution in [2.75, 3.05) is 39.4 Å². The molecule has 3 rings (SSSR count). The van der Waals surface area contributed by atoms with E-state index in [0.717, 1.165) is 5.56 Å². The Morgan fingerprint density at radius 2 is 1.45 bits per heavy atom. The number of Topliss-reactive ketones (excluding diaryl/α,β-unsaturated/α-hetero) is 1. The van der Waals surface area contributed by atoms with Gasteiger partial charge in [-0.25, -0.2) is 8.42 Å². The first-order valence-electron chi connectivity index (χ1n) is 11.0. The zero-order valence-corrected chi connectivity index (χ0v) is 19.8. The largest absolute Gasteiger partial charge is 0.494 e. The fourth-order valence-corrected chi connectivity index (χ4v) is 4.93. The van der Waals surface area contributed by atoms with Gasteiger partial charge in [0.25, 0.3) is 5.91 Å². The maximum atomic E-state index is 12.9. The van der Waals surface area contributed by atoms with E-state index in [1.807, 2.05) is 19.1 Å². The molecule has 8 nitrogen and oxygen atoms in total. The van der Waals surface area contributed by atoms with Gasteiger partial charge in [-0.3, -0.25) is 4.79 Å². The molecule has 33 heavy (non-hydrogen) atoms. The van der Waals surface area contributed by atoms with Crippen molar-refractivity contribution in [3.63, 3.8) is 0 Å². The van der Waals surface area contributed by atoms with Crippen molar-refractivity contribution in [2.45, 2.75) is 31.6 Å². The quantitative estimate of drug-likeness (QED) is 0.525. The number of carbonyl (C=O) groups is 2. The SMILES string of the molecule is CCOc1ccc(S(=O)(=O)N2CCN(C(=O)COc3ccc(CCC(C)=O)cc3)CC2)cc1. The third-order valence-corrected chi connectivity index (χ3v) is 7.33. The van der Waals surface area contributed by atoms with Crippen LogP contribution in [0.15, 0.2) is 53.4 Å². The van der Waals surface area contributed by atoms with Crippen molar-refractivity contribution in [1.82, 2.24) is 9.21 Å². The number of ketones is 1. The van der Waals surface area contributed by atoms with Gasteiger partial charge in [-0.1, -0.05) is 12.1 Å². The third-order valence-electron chi connectivity index (χ3n) is 5.42. The summed E-state index contributed by atoms with van der Waals surface area (Å²) in [7, 11) is -3.63. The van der Waals surface area contributed by atoms with Crippen LogP contribution < -0.4 is 9.47 Å². The Bertz CT molecular complexity index is 1040. The van der Waals surface area contributed by atoms with Gasteiger partial charge in [0.15, 0.2) is 6.61 Å². The highest BCUT2D eigenvalue weighted by Crippen LogP contribution is 2.21. The van der Waals surface area contributed by atoms with Gasteiger partial charge >= 0.3 is 0 Å². The molecule has 0 atom stereocenters. The molecule has 178 valence electrons. The monoisotopic (exact) mass is 474 g/mol. The lowest BCUT2D eigenvalue weighted by Crippen LogP contribution is -2.51. The molecule has 1 heterocycles. The van der Waals surface area contributed by atoms with Gasteiger partial charge in [0.1, 0.15) is 17.3 Å². The number of aryl methyl sites for hydroxylation is 1. The van der Waals surface area contributed by atoms with Crippen LogP contribution in [0.4, 0.5) is 0 Å². The van der Waals surface area contributed by atoms with E-state index in [2.05, 4.69) is 0 Å². The van der Waals surface area contributed by atoms with Gasteiger partial charge in [-0.2, -0.15) is 4.31 Å². The molecule has 0 radical (unpaired) electrons. The van der Waals surface area contributed by atoms with E-state index < -0.39 is 10.0 Å². The highest BCUT2D eigenvalue weighted by molar-refractivity contribution is 7.89. The second-order valence-corrected chi connectivity index (χ2v) is 9.76. The molecule has 0 aliphatic carbocycles. The number of rotatable bonds is 10. The number of ether oxygens (including phenoxy) is 2. The molecule has 0 saturated carbocycles. The number of hydrogen-bond donors (Lipinski definition) is 0. The molecule has 9 heteroatoms. The van der Waals surface area contributed by atoms with Crippen LogP contribution in [0.5, 0.6) is 11.5 Å². The van der Waals surface area contributed by atoms with Gasteiger partial charge in [-0.05, 0) is 62.2 Å². The topological polar surface area (TPSA) is 93.2 Å². The predicted octanol–water partition coefficient (Wildman–Crippen LogP) is 2.52. The van der Waals surface area contributed by atoms with Crippen molar-refractivity contribution in [1.29, 1.82) is 0 Å². The minimum Gasteiger partial charge on any atom is -0.494 e. The number of nitrogens with zero attached hydrogens (tertiary/aromatic N) is 2. The van der Waals surface area contributed by atoms with Gasteiger partial charge < -0.3 is 19.2 Å². The van der Waals surface area contributed by atoms with Crippen LogP contribution >= 0.6 is 0 Å². The lowest BCUT2D eigenvalue weighted by atomic mass is 10.1. The van der Waals surface area contributed by atoms with Crippen molar-refractivity contribution in [3.05, 3.63) is 54.1 Å². The summed E-state index contributed by atoms with van der Waals surface area (Å²) in [5.74, 6) is 1.16. The van der Waals surface area contributed by atoms with Crippen molar-refractivity contribution < 1.29 is 27.5 Å². The van der Waals surface area contributed by atoms with E-state index in [1.165, 1.54) is 16.4 Å². The van der Waals surface area contributed by atoms with Crippen molar-refractivity contribution >= 4 is 21.7 Å². The van der Waals surface area contributed by atoms with Gasteiger partial charge in [0, 0.05) is 32.6 Å². The minimum atomic E-state index is -3.63. The second-order valence-electron chi connectivity index (χ2n) is 7.82. The van der Waals surface area contributed by atoms with E-state index in [0.29, 0.717) is 44.0 Å². The number of hydrogen-bond acceptors (Lipinski definition) is 6. The molecule has 0 unspecified atom stereocenters. The zero-order valence-electron chi connectivity index (χ0n) is 19.0. The average molecular weight is 475 g/mol. The molecular weight excluding hydrogens is 444 g/mol. The van der Waals surface area contributed by atoms with Crippen LogP contribution in [0, 0.1) is 0 Å². The molecule has 0 bridgehead atoms. The molecule has 1 aliphatic rings. The van der Waals surface area contributed by atoms with Crippen molar-refractivity contribution in [2.24, 2.45) is 0 Å². The summed E-state index contributed by atoms with van der Waals surface area (Å²) < 4.78 is 38.1. The Kier molecular flexibility index (Phi) is 8.46. The Morgan fingerprint density at radius 1 is 0.879 bits per heavy atom. The van der Waals surface area contributed by atoms with Crippen LogP contribution in [0.2, 0.25) is 0 Å². The summed E-state index contributed by atoms with van der Waals surface area (Å²) in [6, 6.07) is 13.7. The van der Waals surface area contributed by atoms with Crippen molar-refractivity contribution in [3.8, 4) is 11.5 Å². The summed E-state index contributed by atoms with van der Waals surface area (Å²) in [4.78, 5) is 25.4. The smallest absolute Gasteiger partial charge is 0.260 e. The molecule has 0 spiro atoms. The fraction of sp³-hybridized carbons (Fsp3) is 0.417. The Labute approximate surface area is 195 Å². The van der Waals surface area contributed by atoms with E-state index in [-0.39, 0.29) is 36.3 Å². The Balaban J connectivity index is 1.48. The lowest BCUT2D eigenvalue weighted by molar-refractivity contribution is -0.134. The maximum Gasteiger partial charge on any atom is 0.260 e. The first kappa shape index (κ1) is 24.7. The number of amides is 1. The average Bonchev–Trinajstić information content (AvgIpc) is 2.82. The molecular formula is C24H30N2O6S. The molecule has 2 aromatic rings. The third kappa shape index (κ3) is 6.79. The van der Waals surface area contributed by atoms with Crippen LogP contribution in [0.25, 0.3) is 0 Å². The normalized spacial score (nSPS) is 14.7. The summed E-state index contributed by atoms with van der Waals surface area (Å²) in [5.41, 5.74) is 1.04. The zero-order chi connectivity index (χ0) is 23.8. The molecule has 1 fully saturated rings. The molecule has 0 N–H and O–H groups in total. The maximum absolute atomic E-state index is 12.9. The van der Waals surface area contributed by atoms with E-state index in [9.17, 15) is 18.0 Å². The molecule has 1 saturated heterocycles. The van der Waals surface area contributed by atoms with E-state index >= 15 is 0 Å². The van der Waals surface area contributed by atoms with Gasteiger partial charge in [0.05, 0.1) is 11.5 Å². The van der Waals surface area contributed by atoms with E-state index in [1.54, 1.807) is 36.1 Å². The van der Waals surface area contributed by atoms with Crippen LogP contribution in [0.3, 0.4) is 0 Å². The molecule has 1 aliphatic heterocycles. The molecule has 2 aromatic carbocycles. The fourth-order valence-electron chi connectivity index (χ4n) is 3.51. The highest BCUT2D eigenvalue weighted by Gasteiger charge is 2.30. The first-order valence-corrected chi connectivity index (χ1v) is 12.5. The number of sulfonamides is 1. The van der Waals surface area contributed by atoms with Gasteiger partial charge in [0.2, 0.25) is 10.0 Å². The second kappa shape index (κ2) is 11.3. The van der Waals surface area contributed by atoms with Crippen LogP contribution in [-0.2, 0) is 26.0 Å². The summed E-state index contributed by atoms with van der Waals surface area (Å²) in [6.07, 6.45) is 1.18. The van der Waals surface area contributed by atoms with Gasteiger partial charge in [-0.15, -0.1) is 0 Å². The molecule has 1 amide bonds. The Morgan fingerprint density at radius 3 is 2.03 bits per heavy atom. The molecule has 0 aromatic heterocycles. The number of benzene rings is 2. The summed E-state index contributed by atoms with van der Waals surface area (Å²) >= 11 is 0. The summed E-state index contributed by atoms with van der Waals surface area (Å²) in [6.45, 7) is 4.91. The lowest BCUT2D eigenvalue weighted by Gasteiger charge is -2.34. The summed E-state index contributed by atoms with van der Waals surface area (Å²) in [5, 5.41) is 0. The van der Waals surface area contributed by atoms with E-state index in [4.69, 9.17) is 9.47 Å². The highest BCUT2D eigenvalue weighted by atomic mass is 32.2. The first-order chi connectivity index (χ1) is 15.8. The standard InChI is InChI=1S/C24H30N2O6S/c1-3-31-21-10-12-23(13-11-21)33(29,30)26-16-14-25(15-17-26)24(28)18-32-22-8-6-20(7-9-22)5-4-19(2)27/h6-13H,3-5,14-18H2,1-2H3. The van der Waals surface area contributed by atoms with Crippen LogP contribution in [-0.4, -0.2) is 68.7 Å². The number of carbonyl (C=O) groups excluding carboxylic acids is 2. The number of piperazine rings is 1. The Hall–Kier alpha value is -2.91.